The molecule has 0 radical (unpaired) electrons. The zero-order valence-corrected chi connectivity index (χ0v) is 11.1. The molecule has 1 aliphatic rings. The summed E-state index contributed by atoms with van der Waals surface area (Å²) in [6.45, 7) is 0. The topological polar surface area (TPSA) is 47.6 Å². The lowest BCUT2D eigenvalue weighted by molar-refractivity contribution is -0.0492. The van der Waals surface area contributed by atoms with Crippen molar-refractivity contribution in [2.24, 2.45) is 11.8 Å². The minimum atomic E-state index is -2.59. The van der Waals surface area contributed by atoms with E-state index in [-0.39, 0.29) is 24.7 Å². The van der Waals surface area contributed by atoms with Gasteiger partial charge in [-0.15, -0.1) is 0 Å². The summed E-state index contributed by atoms with van der Waals surface area (Å²) in [6.07, 6.45) is 0.438. The number of hydrogen-bond donors (Lipinski definition) is 0. The number of nitrogens with zero attached hydrogens (tertiary/aromatic N) is 2. The Hall–Kier alpha value is -1.94. The molecule has 2 rings (SSSR count). The summed E-state index contributed by atoms with van der Waals surface area (Å²) in [5.74, 6) is -3.68. The molecule has 0 spiro atoms. The van der Waals surface area contributed by atoms with Crippen molar-refractivity contribution in [1.82, 2.24) is 0 Å². The highest BCUT2D eigenvalue weighted by Crippen LogP contribution is 2.44. The summed E-state index contributed by atoms with van der Waals surface area (Å²) in [7, 11) is 0. The standard InChI is InChI=1S/C16H16F2N2/c17-16(18)8-6-13(7-9-16)15(14(10-19)11-20)12-4-2-1-3-5-12/h1-5,13-15H,6-9H2. The monoisotopic (exact) mass is 274 g/mol. The zero-order valence-electron chi connectivity index (χ0n) is 11.1. The van der Waals surface area contributed by atoms with Crippen LogP contribution in [0.3, 0.4) is 0 Å². The molecule has 104 valence electrons. The summed E-state index contributed by atoms with van der Waals surface area (Å²) in [6, 6.07) is 13.4. The Balaban J connectivity index is 2.25. The number of hydrogen-bond acceptors (Lipinski definition) is 2. The third-order valence-electron chi connectivity index (χ3n) is 4.09. The average Bonchev–Trinajstić information content (AvgIpc) is 2.46. The van der Waals surface area contributed by atoms with Crippen LogP contribution in [-0.2, 0) is 0 Å². The molecule has 20 heavy (non-hydrogen) atoms. The molecule has 2 nitrogen and oxygen atoms in total. The van der Waals surface area contributed by atoms with Crippen LogP contribution in [0.25, 0.3) is 0 Å². The van der Waals surface area contributed by atoms with Crippen LogP contribution in [0, 0.1) is 34.5 Å². The third-order valence-corrected chi connectivity index (χ3v) is 4.09. The molecule has 1 aliphatic carbocycles. The summed E-state index contributed by atoms with van der Waals surface area (Å²) in [4.78, 5) is 0. The molecule has 0 N–H and O–H groups in total. The van der Waals surface area contributed by atoms with E-state index in [0.717, 1.165) is 5.56 Å². The van der Waals surface area contributed by atoms with E-state index in [1.54, 1.807) is 0 Å². The molecule has 0 amide bonds. The maximum absolute atomic E-state index is 13.3. The number of rotatable bonds is 3. The minimum absolute atomic E-state index is 0.0266. The van der Waals surface area contributed by atoms with Gasteiger partial charge in [0.15, 0.2) is 0 Å². The van der Waals surface area contributed by atoms with Crippen LogP contribution in [0.4, 0.5) is 8.78 Å². The molecule has 1 aromatic rings. The summed E-state index contributed by atoms with van der Waals surface area (Å²) in [5.41, 5.74) is 0.899. The Bertz CT molecular complexity index is 504. The van der Waals surface area contributed by atoms with Crippen molar-refractivity contribution in [1.29, 1.82) is 10.5 Å². The van der Waals surface area contributed by atoms with Crippen LogP contribution >= 0.6 is 0 Å². The van der Waals surface area contributed by atoms with E-state index in [2.05, 4.69) is 0 Å². The second kappa shape index (κ2) is 6.01. The van der Waals surface area contributed by atoms with Crippen molar-refractivity contribution in [3.63, 3.8) is 0 Å². The van der Waals surface area contributed by atoms with Gasteiger partial charge in [0.25, 0.3) is 0 Å². The van der Waals surface area contributed by atoms with E-state index in [0.29, 0.717) is 12.8 Å². The van der Waals surface area contributed by atoms with Crippen LogP contribution in [-0.4, -0.2) is 5.92 Å². The van der Waals surface area contributed by atoms with Crippen molar-refractivity contribution >= 4 is 0 Å². The van der Waals surface area contributed by atoms with E-state index in [4.69, 9.17) is 0 Å². The molecule has 1 aromatic carbocycles. The largest absolute Gasteiger partial charge is 0.248 e. The van der Waals surface area contributed by atoms with Gasteiger partial charge in [-0.05, 0) is 24.3 Å². The van der Waals surface area contributed by atoms with Crippen LogP contribution in [0.5, 0.6) is 0 Å². The van der Waals surface area contributed by atoms with Gasteiger partial charge < -0.3 is 0 Å². The predicted molar refractivity (Wildman–Crippen MR) is 70.8 cm³/mol. The predicted octanol–water partition coefficient (Wildman–Crippen LogP) is 4.26. The van der Waals surface area contributed by atoms with Crippen molar-refractivity contribution < 1.29 is 8.78 Å². The smallest absolute Gasteiger partial charge is 0.207 e. The Morgan fingerprint density at radius 1 is 1.05 bits per heavy atom. The van der Waals surface area contributed by atoms with Gasteiger partial charge in [0.1, 0.15) is 5.92 Å². The summed E-state index contributed by atoms with van der Waals surface area (Å²) in [5, 5.41) is 18.3. The van der Waals surface area contributed by atoms with Gasteiger partial charge in [-0.1, -0.05) is 30.3 Å². The normalized spacial score (nSPS) is 20.1. The average molecular weight is 274 g/mol. The second-order valence-electron chi connectivity index (χ2n) is 5.37. The molecular weight excluding hydrogens is 258 g/mol. The van der Waals surface area contributed by atoms with Crippen molar-refractivity contribution in [2.75, 3.05) is 0 Å². The maximum Gasteiger partial charge on any atom is 0.248 e. The molecule has 0 heterocycles. The highest BCUT2D eigenvalue weighted by Gasteiger charge is 2.40. The number of halogens is 2. The lowest BCUT2D eigenvalue weighted by atomic mass is 9.71. The Kier molecular flexibility index (Phi) is 4.35. The second-order valence-corrected chi connectivity index (χ2v) is 5.37. The molecule has 4 heteroatoms. The first-order valence-electron chi connectivity index (χ1n) is 6.79. The first kappa shape index (κ1) is 14.5. The van der Waals surface area contributed by atoms with Gasteiger partial charge >= 0.3 is 0 Å². The minimum Gasteiger partial charge on any atom is -0.207 e. The fourth-order valence-electron chi connectivity index (χ4n) is 3.02. The third kappa shape index (κ3) is 3.14. The van der Waals surface area contributed by atoms with Crippen LogP contribution in [0.2, 0.25) is 0 Å². The molecule has 0 saturated heterocycles. The molecule has 1 atom stereocenters. The van der Waals surface area contributed by atoms with Crippen LogP contribution < -0.4 is 0 Å². The van der Waals surface area contributed by atoms with Crippen LogP contribution in [0.15, 0.2) is 30.3 Å². The quantitative estimate of drug-likeness (QED) is 0.826. The Morgan fingerprint density at radius 2 is 1.60 bits per heavy atom. The number of nitriles is 2. The lowest BCUT2D eigenvalue weighted by Crippen LogP contribution is -2.30. The number of alkyl halides is 2. The molecule has 1 unspecified atom stereocenters. The van der Waals surface area contributed by atoms with Gasteiger partial charge in [0.2, 0.25) is 5.92 Å². The molecule has 0 aliphatic heterocycles. The van der Waals surface area contributed by atoms with E-state index in [9.17, 15) is 19.3 Å². The highest BCUT2D eigenvalue weighted by atomic mass is 19.3. The van der Waals surface area contributed by atoms with E-state index >= 15 is 0 Å². The van der Waals surface area contributed by atoms with Gasteiger partial charge in [-0.2, -0.15) is 10.5 Å². The zero-order chi connectivity index (χ0) is 14.6. The van der Waals surface area contributed by atoms with E-state index in [1.165, 1.54) is 0 Å². The summed E-state index contributed by atoms with van der Waals surface area (Å²) < 4.78 is 26.6. The van der Waals surface area contributed by atoms with Gasteiger partial charge in [0, 0.05) is 18.8 Å². The fraction of sp³-hybridized carbons (Fsp3) is 0.500. The van der Waals surface area contributed by atoms with Crippen molar-refractivity contribution in [3.8, 4) is 12.1 Å². The van der Waals surface area contributed by atoms with Gasteiger partial charge in [-0.25, -0.2) is 8.78 Å². The Morgan fingerprint density at radius 3 is 2.10 bits per heavy atom. The van der Waals surface area contributed by atoms with Crippen molar-refractivity contribution in [3.05, 3.63) is 35.9 Å². The van der Waals surface area contributed by atoms with Crippen LogP contribution in [0.1, 0.15) is 37.2 Å². The Labute approximate surface area is 117 Å². The highest BCUT2D eigenvalue weighted by molar-refractivity contribution is 5.26. The van der Waals surface area contributed by atoms with E-state index in [1.807, 2.05) is 42.5 Å². The molecule has 1 saturated carbocycles. The van der Waals surface area contributed by atoms with E-state index < -0.39 is 11.8 Å². The first-order chi connectivity index (χ1) is 9.57. The number of benzene rings is 1. The maximum atomic E-state index is 13.3. The van der Waals surface area contributed by atoms with Gasteiger partial charge in [-0.3, -0.25) is 0 Å². The molecule has 0 aromatic heterocycles. The SMILES string of the molecule is N#CC(C#N)C(c1ccccc1)C1CCC(F)(F)CC1. The molecule has 1 fully saturated rings. The fourth-order valence-corrected chi connectivity index (χ4v) is 3.02. The molecular formula is C16H16F2N2. The lowest BCUT2D eigenvalue weighted by Gasteiger charge is -2.34. The van der Waals surface area contributed by atoms with Crippen molar-refractivity contribution in [2.45, 2.75) is 37.5 Å². The summed E-state index contributed by atoms with van der Waals surface area (Å²) >= 11 is 0. The molecule has 0 bridgehead atoms. The van der Waals surface area contributed by atoms with Gasteiger partial charge in [0.05, 0.1) is 12.1 Å². The first-order valence-corrected chi connectivity index (χ1v) is 6.79.